The Morgan fingerprint density at radius 2 is 1.83 bits per heavy atom. The summed E-state index contributed by atoms with van der Waals surface area (Å²) >= 11 is 0. The van der Waals surface area contributed by atoms with Gasteiger partial charge in [-0.3, -0.25) is 0 Å². The molecule has 0 aromatic heterocycles. The Bertz CT molecular complexity index is 107. The lowest BCUT2D eigenvalue weighted by Gasteiger charge is -2.17. The van der Waals surface area contributed by atoms with Crippen LogP contribution in [0.1, 0.15) is 27.7 Å². The lowest BCUT2D eigenvalue weighted by atomic mass is 9.83. The first kappa shape index (κ1) is 12.0. The van der Waals surface area contributed by atoms with Crippen LogP contribution in [0, 0.1) is 11.8 Å². The molecule has 0 spiro atoms. The van der Waals surface area contributed by atoms with Gasteiger partial charge in [-0.2, -0.15) is 0 Å². The summed E-state index contributed by atoms with van der Waals surface area (Å²) in [5.74, 6) is 1.17. The summed E-state index contributed by atoms with van der Waals surface area (Å²) in [6.07, 6.45) is 0. The average Bonchev–Trinajstić information content (AvgIpc) is 1.97. The van der Waals surface area contributed by atoms with E-state index in [4.69, 9.17) is 7.85 Å². The molecule has 0 aliphatic heterocycles. The molecule has 0 rings (SSSR count). The normalized spacial score (nSPS) is 13.8. The molecule has 2 N–H and O–H groups in total. The SMILES string of the molecule is [B]C(N[B]NCC(C)C)C(C)C. The van der Waals surface area contributed by atoms with E-state index in [1.807, 2.05) is 7.55 Å². The molecule has 0 aliphatic carbocycles. The molecular weight excluding hydrogens is 146 g/mol. The Kier molecular flexibility index (Phi) is 6.58. The van der Waals surface area contributed by atoms with Crippen molar-refractivity contribution >= 4 is 15.4 Å². The van der Waals surface area contributed by atoms with E-state index in [-0.39, 0.29) is 5.94 Å². The van der Waals surface area contributed by atoms with Crippen LogP contribution in [0.2, 0.25) is 0 Å². The minimum Gasteiger partial charge on any atom is -0.351 e. The smallest absolute Gasteiger partial charge is 0.306 e. The maximum Gasteiger partial charge on any atom is 0.306 e. The van der Waals surface area contributed by atoms with Crippen LogP contribution in [0.3, 0.4) is 0 Å². The van der Waals surface area contributed by atoms with Crippen molar-refractivity contribution in [3.05, 3.63) is 0 Å². The Labute approximate surface area is 78.6 Å². The van der Waals surface area contributed by atoms with Crippen molar-refractivity contribution in [3.8, 4) is 0 Å². The van der Waals surface area contributed by atoms with E-state index < -0.39 is 0 Å². The van der Waals surface area contributed by atoms with Crippen LogP contribution < -0.4 is 10.5 Å². The zero-order chi connectivity index (χ0) is 9.56. The average molecular weight is 165 g/mol. The largest absolute Gasteiger partial charge is 0.351 e. The maximum absolute atomic E-state index is 5.75. The van der Waals surface area contributed by atoms with Crippen molar-refractivity contribution in [1.82, 2.24) is 10.5 Å². The molecule has 4 heteroatoms. The lowest BCUT2D eigenvalue weighted by Crippen LogP contribution is -2.44. The van der Waals surface area contributed by atoms with E-state index in [9.17, 15) is 0 Å². The minimum absolute atomic E-state index is 0.0460. The fourth-order valence-electron chi connectivity index (χ4n) is 0.642. The predicted octanol–water partition coefficient (Wildman–Crippen LogP) is 0.506. The van der Waals surface area contributed by atoms with E-state index >= 15 is 0 Å². The number of nitrogens with one attached hydrogen (secondary N) is 2. The zero-order valence-electron chi connectivity index (χ0n) is 8.59. The summed E-state index contributed by atoms with van der Waals surface area (Å²) < 4.78 is 0. The molecule has 3 radical (unpaired) electrons. The Balaban J connectivity index is 3.20. The maximum atomic E-state index is 5.75. The van der Waals surface area contributed by atoms with Crippen LogP contribution in [0.25, 0.3) is 0 Å². The molecule has 0 bridgehead atoms. The summed E-state index contributed by atoms with van der Waals surface area (Å²) in [7, 11) is 7.59. The highest BCUT2D eigenvalue weighted by molar-refractivity contribution is 6.31. The highest BCUT2D eigenvalue weighted by atomic mass is 14.9. The monoisotopic (exact) mass is 165 g/mol. The van der Waals surface area contributed by atoms with Crippen molar-refractivity contribution in [2.75, 3.05) is 6.54 Å². The van der Waals surface area contributed by atoms with Crippen LogP contribution in [-0.2, 0) is 0 Å². The van der Waals surface area contributed by atoms with E-state index in [1.54, 1.807) is 0 Å². The minimum atomic E-state index is 0.0460. The van der Waals surface area contributed by atoms with Crippen LogP contribution in [0.4, 0.5) is 0 Å². The zero-order valence-corrected chi connectivity index (χ0v) is 8.59. The first-order valence-corrected chi connectivity index (χ1v) is 4.60. The summed E-state index contributed by atoms with van der Waals surface area (Å²) in [6.45, 7) is 9.51. The van der Waals surface area contributed by atoms with E-state index in [2.05, 4.69) is 38.2 Å². The molecule has 1 atom stereocenters. The molecular formula is C8H19B2N2. The number of hydrogen-bond acceptors (Lipinski definition) is 2. The summed E-state index contributed by atoms with van der Waals surface area (Å²) in [5, 5.41) is 6.23. The second-order valence-electron chi connectivity index (χ2n) is 3.88. The van der Waals surface area contributed by atoms with E-state index in [0.29, 0.717) is 11.8 Å². The lowest BCUT2D eigenvalue weighted by molar-refractivity contribution is 0.571. The highest BCUT2D eigenvalue weighted by Gasteiger charge is 2.05. The van der Waals surface area contributed by atoms with Gasteiger partial charge in [0.1, 0.15) is 0 Å². The van der Waals surface area contributed by atoms with Crippen molar-refractivity contribution in [1.29, 1.82) is 0 Å². The molecule has 0 aromatic rings. The Morgan fingerprint density at radius 3 is 2.25 bits per heavy atom. The fourth-order valence-corrected chi connectivity index (χ4v) is 0.642. The van der Waals surface area contributed by atoms with Gasteiger partial charge in [0.15, 0.2) is 0 Å². The Hall–Kier alpha value is 0.0499. The van der Waals surface area contributed by atoms with Gasteiger partial charge in [0, 0.05) is 0 Å². The molecule has 67 valence electrons. The van der Waals surface area contributed by atoms with Gasteiger partial charge in [0.25, 0.3) is 0 Å². The third-order valence-electron chi connectivity index (χ3n) is 1.62. The Morgan fingerprint density at radius 1 is 1.25 bits per heavy atom. The van der Waals surface area contributed by atoms with Crippen LogP contribution in [0.15, 0.2) is 0 Å². The van der Waals surface area contributed by atoms with Crippen LogP contribution >= 0.6 is 0 Å². The molecule has 0 heterocycles. The van der Waals surface area contributed by atoms with Crippen molar-refractivity contribution < 1.29 is 0 Å². The number of hydrogen-bond donors (Lipinski definition) is 2. The van der Waals surface area contributed by atoms with Crippen LogP contribution in [-0.4, -0.2) is 27.9 Å². The second kappa shape index (κ2) is 6.55. The molecule has 0 amide bonds. The molecule has 0 saturated carbocycles. The van der Waals surface area contributed by atoms with Gasteiger partial charge in [0.05, 0.1) is 7.85 Å². The molecule has 1 unspecified atom stereocenters. The second-order valence-corrected chi connectivity index (χ2v) is 3.88. The third-order valence-corrected chi connectivity index (χ3v) is 1.62. The molecule has 0 saturated heterocycles. The summed E-state index contributed by atoms with van der Waals surface area (Å²) in [6, 6.07) is 0. The summed E-state index contributed by atoms with van der Waals surface area (Å²) in [5.41, 5.74) is 0. The van der Waals surface area contributed by atoms with Gasteiger partial charge in [-0.05, 0) is 24.3 Å². The van der Waals surface area contributed by atoms with Gasteiger partial charge in [-0.25, -0.2) is 0 Å². The number of rotatable bonds is 6. The molecule has 0 aliphatic rings. The van der Waals surface area contributed by atoms with Crippen molar-refractivity contribution in [2.24, 2.45) is 11.8 Å². The van der Waals surface area contributed by atoms with Gasteiger partial charge >= 0.3 is 7.55 Å². The van der Waals surface area contributed by atoms with Crippen molar-refractivity contribution in [3.63, 3.8) is 0 Å². The highest BCUT2D eigenvalue weighted by Crippen LogP contribution is 1.94. The van der Waals surface area contributed by atoms with Gasteiger partial charge in [0.2, 0.25) is 0 Å². The van der Waals surface area contributed by atoms with Crippen molar-refractivity contribution in [2.45, 2.75) is 33.6 Å². The molecule has 0 fully saturated rings. The third kappa shape index (κ3) is 6.74. The summed E-state index contributed by atoms with van der Waals surface area (Å²) in [4.78, 5) is 0. The first-order valence-electron chi connectivity index (χ1n) is 4.60. The van der Waals surface area contributed by atoms with E-state index in [0.717, 1.165) is 6.54 Å². The predicted molar refractivity (Wildman–Crippen MR) is 56.1 cm³/mol. The molecule has 12 heavy (non-hydrogen) atoms. The van der Waals surface area contributed by atoms with Crippen LogP contribution in [0.5, 0.6) is 0 Å². The standard InChI is InChI=1S/C8H19B2N2/c1-6(2)5-11-10-12-8(9)7(3)4/h6-8,11-12H,5H2,1-4H3. The first-order chi connectivity index (χ1) is 5.54. The van der Waals surface area contributed by atoms with Gasteiger partial charge < -0.3 is 10.5 Å². The van der Waals surface area contributed by atoms with Gasteiger partial charge in [-0.1, -0.05) is 27.7 Å². The van der Waals surface area contributed by atoms with Gasteiger partial charge in [-0.15, -0.1) is 0 Å². The quantitative estimate of drug-likeness (QED) is 0.442. The topological polar surface area (TPSA) is 24.1 Å². The molecule has 0 aromatic carbocycles. The molecule has 2 nitrogen and oxygen atoms in total. The van der Waals surface area contributed by atoms with E-state index in [1.165, 1.54) is 0 Å². The fraction of sp³-hybridized carbons (Fsp3) is 1.00.